The molecule has 0 unspecified atom stereocenters. The normalized spacial score (nSPS) is 11.5. The Bertz CT molecular complexity index is 626. The number of hydrogen-bond donors (Lipinski definition) is 1. The van der Waals surface area contributed by atoms with E-state index in [4.69, 9.17) is 16.3 Å². The lowest BCUT2D eigenvalue weighted by molar-refractivity contribution is 0.409. The number of aromatic nitrogens is 1. The van der Waals surface area contributed by atoms with E-state index in [0.717, 1.165) is 0 Å². The summed E-state index contributed by atoms with van der Waals surface area (Å²) in [4.78, 5) is 4.33. The van der Waals surface area contributed by atoms with Crippen molar-refractivity contribution in [1.29, 1.82) is 0 Å². The Labute approximate surface area is 129 Å². The second-order valence-electron chi connectivity index (χ2n) is 5.71. The molecule has 1 aromatic heterocycles. The molecule has 2 aromatic rings. The van der Waals surface area contributed by atoms with Crippen molar-refractivity contribution in [1.82, 2.24) is 10.3 Å². The van der Waals surface area contributed by atoms with E-state index in [-0.39, 0.29) is 11.3 Å². The molecule has 1 heterocycles. The highest BCUT2D eigenvalue weighted by atomic mass is 35.5. The van der Waals surface area contributed by atoms with Gasteiger partial charge in [-0.3, -0.25) is 0 Å². The molecule has 0 fully saturated rings. The molecule has 0 aliphatic heterocycles. The molecule has 1 aromatic carbocycles. The van der Waals surface area contributed by atoms with Crippen LogP contribution in [0.3, 0.4) is 0 Å². The highest BCUT2D eigenvalue weighted by molar-refractivity contribution is 6.31. The van der Waals surface area contributed by atoms with Crippen molar-refractivity contribution in [3.8, 4) is 11.6 Å². The largest absolute Gasteiger partial charge is 0.436 e. The first kappa shape index (κ1) is 15.7. The smallest absolute Gasteiger partial charge is 0.219 e. The highest BCUT2D eigenvalue weighted by Gasteiger charge is 2.12. The van der Waals surface area contributed by atoms with Gasteiger partial charge in [0.1, 0.15) is 0 Å². The summed E-state index contributed by atoms with van der Waals surface area (Å²) in [6, 6.07) is 9.53. The van der Waals surface area contributed by atoms with Crippen molar-refractivity contribution in [2.24, 2.45) is 0 Å². The van der Waals surface area contributed by atoms with Gasteiger partial charge in [0.25, 0.3) is 0 Å². The van der Waals surface area contributed by atoms with E-state index in [1.54, 1.807) is 30.3 Å². The van der Waals surface area contributed by atoms with Crippen molar-refractivity contribution in [2.75, 3.05) is 0 Å². The number of nitrogens with one attached hydrogen (secondary N) is 1. The van der Waals surface area contributed by atoms with Crippen molar-refractivity contribution in [3.63, 3.8) is 0 Å². The summed E-state index contributed by atoms with van der Waals surface area (Å²) < 4.78 is 19.0. The average Bonchev–Trinajstić information content (AvgIpc) is 2.41. The quantitative estimate of drug-likeness (QED) is 0.899. The predicted octanol–water partition coefficient (Wildman–Crippen LogP) is 4.55. The molecule has 5 heteroatoms. The summed E-state index contributed by atoms with van der Waals surface area (Å²) in [5, 5.41) is 3.85. The van der Waals surface area contributed by atoms with Crippen LogP contribution >= 0.6 is 11.6 Å². The molecule has 2 rings (SSSR count). The monoisotopic (exact) mass is 308 g/mol. The molecule has 0 bridgehead atoms. The zero-order valence-corrected chi connectivity index (χ0v) is 13.0. The van der Waals surface area contributed by atoms with Crippen LogP contribution in [-0.4, -0.2) is 10.5 Å². The maximum atomic E-state index is 13.6. The lowest BCUT2D eigenvalue weighted by Crippen LogP contribution is -2.35. The van der Waals surface area contributed by atoms with Gasteiger partial charge >= 0.3 is 0 Å². The molecule has 0 amide bonds. The second-order valence-corrected chi connectivity index (χ2v) is 6.12. The van der Waals surface area contributed by atoms with Crippen LogP contribution in [0.2, 0.25) is 5.02 Å². The number of benzene rings is 1. The number of rotatable bonds is 4. The Morgan fingerprint density at radius 1 is 1.19 bits per heavy atom. The summed E-state index contributed by atoms with van der Waals surface area (Å²) >= 11 is 6.13. The average molecular weight is 309 g/mol. The van der Waals surface area contributed by atoms with Gasteiger partial charge in [-0.1, -0.05) is 23.7 Å². The number of nitrogens with zero attached hydrogens (tertiary/aromatic N) is 1. The van der Waals surface area contributed by atoms with Gasteiger partial charge in [-0.25, -0.2) is 9.37 Å². The Morgan fingerprint density at radius 3 is 2.57 bits per heavy atom. The summed E-state index contributed by atoms with van der Waals surface area (Å²) in [5.41, 5.74) is 0.619. The zero-order valence-electron chi connectivity index (χ0n) is 12.3. The van der Waals surface area contributed by atoms with Gasteiger partial charge in [0.15, 0.2) is 11.6 Å². The third-order valence-electron chi connectivity index (χ3n) is 2.73. The maximum absolute atomic E-state index is 13.6. The lowest BCUT2D eigenvalue weighted by Gasteiger charge is -2.20. The minimum Gasteiger partial charge on any atom is -0.436 e. The van der Waals surface area contributed by atoms with Crippen molar-refractivity contribution in [3.05, 3.63) is 52.9 Å². The number of ether oxygens (including phenoxy) is 1. The molecule has 112 valence electrons. The van der Waals surface area contributed by atoms with Crippen LogP contribution in [0.5, 0.6) is 11.6 Å². The first-order chi connectivity index (χ1) is 9.85. The summed E-state index contributed by atoms with van der Waals surface area (Å²) in [6.45, 7) is 6.68. The standard InChI is InChI=1S/C16H18ClFN2O/c1-16(2,3)19-10-13-11(17)8-9-15(20-13)21-14-7-5-4-6-12(14)18/h4-9,19H,10H2,1-3H3. The number of pyridine rings is 1. The van der Waals surface area contributed by atoms with Gasteiger partial charge in [-0.15, -0.1) is 0 Å². The molecule has 0 aliphatic carbocycles. The summed E-state index contributed by atoms with van der Waals surface area (Å²) in [6.07, 6.45) is 0. The fourth-order valence-electron chi connectivity index (χ4n) is 1.63. The van der Waals surface area contributed by atoms with Crippen molar-refractivity contribution in [2.45, 2.75) is 32.9 Å². The Balaban J connectivity index is 2.17. The molecular formula is C16H18ClFN2O. The molecule has 0 atom stereocenters. The minimum atomic E-state index is -0.427. The van der Waals surface area contributed by atoms with Crippen LogP contribution in [0, 0.1) is 5.82 Å². The van der Waals surface area contributed by atoms with E-state index in [1.165, 1.54) is 6.07 Å². The molecule has 0 saturated heterocycles. The van der Waals surface area contributed by atoms with Crippen LogP contribution in [0.4, 0.5) is 4.39 Å². The molecular weight excluding hydrogens is 291 g/mol. The maximum Gasteiger partial charge on any atom is 0.219 e. The summed E-state index contributed by atoms with van der Waals surface area (Å²) in [5.74, 6) is 0.0286. The van der Waals surface area contributed by atoms with Gasteiger partial charge in [0.2, 0.25) is 5.88 Å². The van der Waals surface area contributed by atoms with Gasteiger partial charge in [0, 0.05) is 18.2 Å². The van der Waals surface area contributed by atoms with E-state index in [9.17, 15) is 4.39 Å². The topological polar surface area (TPSA) is 34.2 Å². The van der Waals surface area contributed by atoms with E-state index in [2.05, 4.69) is 31.1 Å². The number of halogens is 2. The van der Waals surface area contributed by atoms with Crippen LogP contribution in [-0.2, 0) is 6.54 Å². The highest BCUT2D eigenvalue weighted by Crippen LogP contribution is 2.25. The minimum absolute atomic E-state index is 0.0482. The van der Waals surface area contributed by atoms with Crippen molar-refractivity contribution < 1.29 is 9.13 Å². The van der Waals surface area contributed by atoms with E-state index in [0.29, 0.717) is 23.1 Å². The number of para-hydroxylation sites is 1. The Hall–Kier alpha value is -1.65. The van der Waals surface area contributed by atoms with Crippen LogP contribution in [0.15, 0.2) is 36.4 Å². The Morgan fingerprint density at radius 2 is 1.90 bits per heavy atom. The molecule has 3 nitrogen and oxygen atoms in total. The van der Waals surface area contributed by atoms with Crippen LogP contribution in [0.25, 0.3) is 0 Å². The molecule has 0 radical (unpaired) electrons. The van der Waals surface area contributed by atoms with E-state index in [1.807, 2.05) is 0 Å². The summed E-state index contributed by atoms with van der Waals surface area (Å²) in [7, 11) is 0. The predicted molar refractivity (Wildman–Crippen MR) is 82.3 cm³/mol. The fraction of sp³-hybridized carbons (Fsp3) is 0.312. The molecule has 0 spiro atoms. The van der Waals surface area contributed by atoms with Gasteiger partial charge in [-0.05, 0) is 39.0 Å². The SMILES string of the molecule is CC(C)(C)NCc1nc(Oc2ccccc2F)ccc1Cl. The molecule has 21 heavy (non-hydrogen) atoms. The second kappa shape index (κ2) is 6.41. The molecule has 0 saturated carbocycles. The fourth-order valence-corrected chi connectivity index (χ4v) is 1.81. The zero-order chi connectivity index (χ0) is 15.5. The first-order valence-electron chi connectivity index (χ1n) is 6.68. The van der Waals surface area contributed by atoms with Gasteiger partial charge in [0.05, 0.1) is 10.7 Å². The third kappa shape index (κ3) is 4.69. The lowest BCUT2D eigenvalue weighted by atomic mass is 10.1. The van der Waals surface area contributed by atoms with E-state index < -0.39 is 5.82 Å². The third-order valence-corrected chi connectivity index (χ3v) is 3.07. The van der Waals surface area contributed by atoms with Crippen LogP contribution in [0.1, 0.15) is 26.5 Å². The number of hydrogen-bond acceptors (Lipinski definition) is 3. The van der Waals surface area contributed by atoms with Gasteiger partial charge in [-0.2, -0.15) is 0 Å². The molecule has 0 aliphatic rings. The Kier molecular flexibility index (Phi) is 4.80. The van der Waals surface area contributed by atoms with E-state index >= 15 is 0 Å². The van der Waals surface area contributed by atoms with Crippen LogP contribution < -0.4 is 10.1 Å². The van der Waals surface area contributed by atoms with Crippen molar-refractivity contribution >= 4 is 11.6 Å². The molecule has 1 N–H and O–H groups in total. The first-order valence-corrected chi connectivity index (χ1v) is 7.06. The van der Waals surface area contributed by atoms with Gasteiger partial charge < -0.3 is 10.1 Å².